The Bertz CT molecular complexity index is 1100. The van der Waals surface area contributed by atoms with Crippen molar-refractivity contribution in [2.24, 2.45) is 0 Å². The van der Waals surface area contributed by atoms with Gasteiger partial charge in [0, 0.05) is 5.39 Å². The number of carbonyl (C=O) groups is 2. The number of fused-ring (bicyclic) bond motifs is 1. The lowest BCUT2D eigenvalue weighted by molar-refractivity contribution is 0.0498. The quantitative estimate of drug-likeness (QED) is 0.0541. The molecule has 0 aliphatic rings. The first-order valence-electron chi connectivity index (χ1n) is 21.5. The molecule has 2 aromatic rings. The van der Waals surface area contributed by atoms with Gasteiger partial charge in [0.05, 0.1) is 24.3 Å². The second kappa shape index (κ2) is 31.4. The molecule has 0 spiro atoms. The van der Waals surface area contributed by atoms with E-state index in [0.717, 1.165) is 31.1 Å². The molecule has 0 aromatic heterocycles. The van der Waals surface area contributed by atoms with Crippen molar-refractivity contribution in [1.29, 1.82) is 0 Å². The molecular weight excluding hydrogens is 617 g/mol. The Balaban J connectivity index is 1.56. The third-order valence-corrected chi connectivity index (χ3v) is 10.3. The second-order valence-electron chi connectivity index (χ2n) is 14.9. The zero-order chi connectivity index (χ0) is 35.7. The Hall–Kier alpha value is -2.36. The van der Waals surface area contributed by atoms with E-state index in [1.807, 2.05) is 24.3 Å². The number of unbranched alkanes of at least 4 members (excludes halogenated alkanes) is 28. The first-order valence-corrected chi connectivity index (χ1v) is 21.5. The van der Waals surface area contributed by atoms with Gasteiger partial charge in [0.1, 0.15) is 0 Å². The molecule has 0 atom stereocenters. The highest BCUT2D eigenvalue weighted by atomic mass is 16.5. The number of ether oxygens (including phenoxy) is 2. The fourth-order valence-electron chi connectivity index (χ4n) is 7.11. The normalized spacial score (nSPS) is 11.3. The largest absolute Gasteiger partial charge is 0.462 e. The molecule has 0 fully saturated rings. The molecule has 50 heavy (non-hydrogen) atoms. The van der Waals surface area contributed by atoms with Gasteiger partial charge in [0.15, 0.2) is 0 Å². The summed E-state index contributed by atoms with van der Waals surface area (Å²) in [6, 6.07) is 11.1. The van der Waals surface area contributed by atoms with Crippen LogP contribution in [0.5, 0.6) is 0 Å². The van der Waals surface area contributed by atoms with Crippen LogP contribution < -0.4 is 0 Å². The minimum atomic E-state index is -0.358. The first-order chi connectivity index (χ1) is 24.7. The maximum atomic E-state index is 13.1. The van der Waals surface area contributed by atoms with E-state index in [1.165, 1.54) is 167 Å². The second-order valence-corrected chi connectivity index (χ2v) is 14.9. The highest BCUT2D eigenvalue weighted by Crippen LogP contribution is 2.25. The van der Waals surface area contributed by atoms with Gasteiger partial charge >= 0.3 is 11.9 Å². The molecule has 0 saturated heterocycles. The lowest BCUT2D eigenvalue weighted by atomic mass is 9.99. The Kier molecular flexibility index (Phi) is 27.5. The summed E-state index contributed by atoms with van der Waals surface area (Å²) in [4.78, 5) is 26.2. The summed E-state index contributed by atoms with van der Waals surface area (Å²) in [5, 5.41) is 1.49. The molecule has 0 saturated carbocycles. The number of benzene rings is 2. The minimum Gasteiger partial charge on any atom is -0.462 e. The van der Waals surface area contributed by atoms with Gasteiger partial charge in [-0.25, -0.2) is 9.59 Å². The van der Waals surface area contributed by atoms with Crippen LogP contribution in [0.1, 0.15) is 227 Å². The lowest BCUT2D eigenvalue weighted by Crippen LogP contribution is -2.11. The summed E-state index contributed by atoms with van der Waals surface area (Å²) < 4.78 is 11.4. The van der Waals surface area contributed by atoms with Crippen LogP contribution in [0.3, 0.4) is 0 Å². The van der Waals surface area contributed by atoms with Crippen molar-refractivity contribution in [2.75, 3.05) is 13.2 Å². The van der Waals surface area contributed by atoms with E-state index in [-0.39, 0.29) is 11.9 Å². The van der Waals surface area contributed by atoms with Crippen LogP contribution in [0.4, 0.5) is 0 Å². The average molecular weight is 693 g/mol. The monoisotopic (exact) mass is 693 g/mol. The van der Waals surface area contributed by atoms with Gasteiger partial charge in [-0.05, 0) is 30.4 Å². The summed E-state index contributed by atoms with van der Waals surface area (Å²) in [6.45, 7) is 5.39. The van der Waals surface area contributed by atoms with Gasteiger partial charge in [-0.3, -0.25) is 0 Å². The van der Waals surface area contributed by atoms with Crippen LogP contribution in [0.15, 0.2) is 36.4 Å². The van der Waals surface area contributed by atoms with Crippen LogP contribution in [-0.4, -0.2) is 25.2 Å². The number of rotatable bonds is 34. The van der Waals surface area contributed by atoms with E-state index in [9.17, 15) is 9.59 Å². The smallest absolute Gasteiger partial charge is 0.338 e. The molecule has 0 radical (unpaired) electrons. The standard InChI is InChI=1S/C46H76O4/c1-3-5-7-9-11-13-15-17-19-20-22-24-26-28-30-32-40-50-46(48)43-38-34-36-41-35-33-37-42(44(41)43)45(47)49-39-31-29-27-25-23-21-18-16-14-12-10-8-6-4-2/h33-38H,3-32,39-40H2,1-2H3. The van der Waals surface area contributed by atoms with Crippen molar-refractivity contribution in [3.8, 4) is 0 Å². The summed E-state index contributed by atoms with van der Waals surface area (Å²) in [5.41, 5.74) is 0.894. The summed E-state index contributed by atoms with van der Waals surface area (Å²) in [6.07, 6.45) is 39.2. The number of hydrogen-bond acceptors (Lipinski definition) is 4. The maximum Gasteiger partial charge on any atom is 0.338 e. The van der Waals surface area contributed by atoms with Crippen LogP contribution in [0.2, 0.25) is 0 Å². The topological polar surface area (TPSA) is 52.6 Å². The maximum absolute atomic E-state index is 13.1. The van der Waals surface area contributed by atoms with Crippen molar-refractivity contribution < 1.29 is 19.1 Å². The van der Waals surface area contributed by atoms with Gasteiger partial charge in [0.2, 0.25) is 0 Å². The van der Waals surface area contributed by atoms with E-state index >= 15 is 0 Å². The molecule has 0 aliphatic heterocycles. The fraction of sp³-hybridized carbons (Fsp3) is 0.739. The fourth-order valence-corrected chi connectivity index (χ4v) is 7.11. The zero-order valence-electron chi connectivity index (χ0n) is 32.7. The highest BCUT2D eigenvalue weighted by Gasteiger charge is 2.19. The third kappa shape index (κ3) is 21.1. The van der Waals surface area contributed by atoms with Crippen molar-refractivity contribution in [3.63, 3.8) is 0 Å². The molecular formula is C46H76O4. The molecule has 2 aromatic carbocycles. The summed E-state index contributed by atoms with van der Waals surface area (Å²) >= 11 is 0. The Labute approximate surface area is 308 Å². The average Bonchev–Trinajstić information content (AvgIpc) is 3.13. The molecule has 0 heterocycles. The lowest BCUT2D eigenvalue weighted by Gasteiger charge is -2.12. The molecule has 4 heteroatoms. The minimum absolute atomic E-state index is 0.358. The molecule has 0 unspecified atom stereocenters. The number of esters is 2. The van der Waals surface area contributed by atoms with Gasteiger partial charge < -0.3 is 9.47 Å². The molecule has 0 N–H and O–H groups in total. The Morgan fingerprint density at radius 3 is 0.920 bits per heavy atom. The first kappa shape index (κ1) is 43.8. The summed E-state index contributed by atoms with van der Waals surface area (Å²) in [5.74, 6) is -0.716. The van der Waals surface area contributed by atoms with E-state index in [1.54, 1.807) is 12.1 Å². The molecule has 2 rings (SSSR count). The number of carbonyl (C=O) groups excluding carboxylic acids is 2. The van der Waals surface area contributed by atoms with E-state index in [2.05, 4.69) is 13.8 Å². The molecule has 4 nitrogen and oxygen atoms in total. The molecule has 0 amide bonds. The Morgan fingerprint density at radius 1 is 0.380 bits per heavy atom. The number of hydrogen-bond donors (Lipinski definition) is 0. The van der Waals surface area contributed by atoms with Gasteiger partial charge in [-0.2, -0.15) is 0 Å². The van der Waals surface area contributed by atoms with Gasteiger partial charge in [-0.15, -0.1) is 0 Å². The van der Waals surface area contributed by atoms with Crippen molar-refractivity contribution >= 4 is 22.7 Å². The van der Waals surface area contributed by atoms with Crippen LogP contribution in [-0.2, 0) is 9.47 Å². The summed E-state index contributed by atoms with van der Waals surface area (Å²) in [7, 11) is 0. The van der Waals surface area contributed by atoms with E-state index in [4.69, 9.17) is 9.47 Å². The predicted octanol–water partition coefficient (Wildman–Crippen LogP) is 14.9. The van der Waals surface area contributed by atoms with Gasteiger partial charge in [-0.1, -0.05) is 218 Å². The van der Waals surface area contributed by atoms with Crippen LogP contribution in [0, 0.1) is 0 Å². The van der Waals surface area contributed by atoms with Crippen molar-refractivity contribution in [2.45, 2.75) is 206 Å². The SMILES string of the molecule is CCCCCCCCCCCCCCCCCCOC(=O)c1cccc2cccc(C(=O)OCCCCCCCCCCCCCCCC)c12. The van der Waals surface area contributed by atoms with Crippen LogP contribution >= 0.6 is 0 Å². The highest BCUT2D eigenvalue weighted by molar-refractivity contribution is 6.13. The van der Waals surface area contributed by atoms with Crippen molar-refractivity contribution in [1.82, 2.24) is 0 Å². The molecule has 284 valence electrons. The third-order valence-electron chi connectivity index (χ3n) is 10.3. The Morgan fingerprint density at radius 2 is 0.640 bits per heavy atom. The predicted molar refractivity (Wildman–Crippen MR) is 214 cm³/mol. The molecule has 0 bridgehead atoms. The van der Waals surface area contributed by atoms with E-state index < -0.39 is 0 Å². The van der Waals surface area contributed by atoms with E-state index in [0.29, 0.717) is 29.7 Å². The van der Waals surface area contributed by atoms with Crippen LogP contribution in [0.25, 0.3) is 10.8 Å². The van der Waals surface area contributed by atoms with Gasteiger partial charge in [0.25, 0.3) is 0 Å². The molecule has 0 aliphatic carbocycles. The zero-order valence-corrected chi connectivity index (χ0v) is 32.7. The van der Waals surface area contributed by atoms with Crippen molar-refractivity contribution in [3.05, 3.63) is 47.5 Å².